The van der Waals surface area contributed by atoms with Crippen molar-refractivity contribution in [3.63, 3.8) is 0 Å². The molecule has 3 rings (SSSR count). The van der Waals surface area contributed by atoms with Crippen molar-refractivity contribution in [3.8, 4) is 0 Å². The highest BCUT2D eigenvalue weighted by Gasteiger charge is 2.53. The van der Waals surface area contributed by atoms with Crippen molar-refractivity contribution in [2.24, 2.45) is 5.73 Å². The Morgan fingerprint density at radius 1 is 1.50 bits per heavy atom. The maximum atomic E-state index is 11.4. The van der Waals surface area contributed by atoms with Gasteiger partial charge < -0.3 is 5.73 Å². The van der Waals surface area contributed by atoms with Crippen LogP contribution in [0.4, 0.5) is 0 Å². The van der Waals surface area contributed by atoms with Crippen LogP contribution in [0.1, 0.15) is 18.7 Å². The zero-order valence-electron chi connectivity index (χ0n) is 8.35. The third-order valence-corrected chi connectivity index (χ3v) is 3.56. The molecule has 1 fully saturated rings. The van der Waals surface area contributed by atoms with Crippen LogP contribution in [-0.2, 0) is 10.2 Å². The van der Waals surface area contributed by atoms with Crippen LogP contribution in [0.3, 0.4) is 0 Å². The topological polar surface area (TPSA) is 73.3 Å². The van der Waals surface area contributed by atoms with Gasteiger partial charge >= 0.3 is 0 Å². The summed E-state index contributed by atoms with van der Waals surface area (Å²) in [7, 11) is 0. The molecule has 6 heteroatoms. The number of pyridine rings is 1. The highest BCUT2D eigenvalue weighted by Crippen LogP contribution is 2.46. The molecule has 2 N–H and O–H groups in total. The molecule has 0 aliphatic heterocycles. The molecule has 16 heavy (non-hydrogen) atoms. The number of hydrogen-bond acceptors (Lipinski definition) is 3. The Bertz CT molecular complexity index is 588. The highest BCUT2D eigenvalue weighted by molar-refractivity contribution is 9.10. The molecule has 0 unspecified atom stereocenters. The summed E-state index contributed by atoms with van der Waals surface area (Å²) in [6.45, 7) is 0. The first kappa shape index (κ1) is 9.77. The maximum absolute atomic E-state index is 11.4. The van der Waals surface area contributed by atoms with Gasteiger partial charge in [0.05, 0.1) is 0 Å². The predicted molar refractivity (Wildman–Crippen MR) is 60.8 cm³/mol. The number of nitrogens with zero attached hydrogens (tertiary/aromatic N) is 3. The van der Waals surface area contributed by atoms with Gasteiger partial charge in [0.2, 0.25) is 5.91 Å². The van der Waals surface area contributed by atoms with Crippen LogP contribution in [0.5, 0.6) is 0 Å². The van der Waals surface area contributed by atoms with E-state index >= 15 is 0 Å². The summed E-state index contributed by atoms with van der Waals surface area (Å²) >= 11 is 3.38. The number of nitrogens with two attached hydrogens (primary N) is 1. The Hall–Kier alpha value is -1.43. The van der Waals surface area contributed by atoms with E-state index < -0.39 is 5.41 Å². The Morgan fingerprint density at radius 2 is 2.25 bits per heavy atom. The molecule has 0 radical (unpaired) electrons. The van der Waals surface area contributed by atoms with Gasteiger partial charge in [0.25, 0.3) is 0 Å². The Kier molecular flexibility index (Phi) is 1.85. The molecule has 0 atom stereocenters. The molecule has 1 aliphatic rings. The number of primary amides is 1. The van der Waals surface area contributed by atoms with E-state index in [9.17, 15) is 4.79 Å². The number of carbonyl (C=O) groups excluding carboxylic acids is 1. The predicted octanol–water partition coefficient (Wildman–Crippen LogP) is 1.01. The van der Waals surface area contributed by atoms with Crippen LogP contribution in [0, 0.1) is 0 Å². The van der Waals surface area contributed by atoms with E-state index in [4.69, 9.17) is 5.73 Å². The lowest BCUT2D eigenvalue weighted by Gasteiger charge is -2.03. The van der Waals surface area contributed by atoms with Crippen molar-refractivity contribution in [1.29, 1.82) is 0 Å². The zero-order chi connectivity index (χ0) is 11.3. The van der Waals surface area contributed by atoms with Crippen molar-refractivity contribution in [3.05, 3.63) is 28.6 Å². The van der Waals surface area contributed by atoms with Gasteiger partial charge in [-0.15, -0.1) is 5.10 Å². The number of fused-ring (bicyclic) bond motifs is 1. The number of rotatable bonds is 2. The van der Waals surface area contributed by atoms with Crippen molar-refractivity contribution < 1.29 is 4.79 Å². The minimum atomic E-state index is -0.620. The maximum Gasteiger partial charge on any atom is 0.231 e. The minimum absolute atomic E-state index is 0.334. The van der Waals surface area contributed by atoms with E-state index in [-0.39, 0.29) is 5.91 Å². The molecular formula is C10H9BrN4O. The normalized spacial score (nSPS) is 17.6. The van der Waals surface area contributed by atoms with Gasteiger partial charge in [0.1, 0.15) is 10.0 Å². The molecule has 2 heterocycles. The molecule has 0 aromatic carbocycles. The second kappa shape index (κ2) is 3.04. The summed E-state index contributed by atoms with van der Waals surface area (Å²) in [6, 6.07) is 5.59. The van der Waals surface area contributed by atoms with Gasteiger partial charge in [0.15, 0.2) is 11.5 Å². The number of carbonyl (C=O) groups is 1. The molecule has 5 nitrogen and oxygen atoms in total. The van der Waals surface area contributed by atoms with Gasteiger partial charge in [-0.3, -0.25) is 4.79 Å². The summed E-state index contributed by atoms with van der Waals surface area (Å²) in [5, 5.41) is 4.33. The lowest BCUT2D eigenvalue weighted by molar-refractivity contribution is -0.120. The van der Waals surface area contributed by atoms with Gasteiger partial charge in [-0.1, -0.05) is 6.07 Å². The smallest absolute Gasteiger partial charge is 0.231 e. The fourth-order valence-electron chi connectivity index (χ4n) is 1.78. The lowest BCUT2D eigenvalue weighted by Crippen LogP contribution is -2.29. The minimum Gasteiger partial charge on any atom is -0.369 e. The Balaban J connectivity index is 2.20. The van der Waals surface area contributed by atoms with Crippen LogP contribution in [-0.4, -0.2) is 20.5 Å². The summed E-state index contributed by atoms with van der Waals surface area (Å²) in [5.41, 5.74) is 5.48. The summed E-state index contributed by atoms with van der Waals surface area (Å²) < 4.78 is 2.47. The van der Waals surface area contributed by atoms with E-state index in [1.165, 1.54) is 0 Å². The van der Waals surface area contributed by atoms with Gasteiger partial charge in [0, 0.05) is 0 Å². The summed E-state index contributed by atoms with van der Waals surface area (Å²) in [5.74, 6) is 0.200. The molecule has 2 aromatic rings. The second-order valence-electron chi connectivity index (χ2n) is 4.00. The van der Waals surface area contributed by atoms with E-state index in [2.05, 4.69) is 26.0 Å². The van der Waals surface area contributed by atoms with Crippen molar-refractivity contribution in [2.45, 2.75) is 18.3 Å². The van der Waals surface area contributed by atoms with E-state index in [0.29, 0.717) is 5.82 Å². The fraction of sp³-hybridized carbons (Fsp3) is 0.300. The van der Waals surface area contributed by atoms with Gasteiger partial charge in [-0.2, -0.15) is 0 Å². The van der Waals surface area contributed by atoms with Crippen LogP contribution in [0.15, 0.2) is 22.8 Å². The summed E-state index contributed by atoms with van der Waals surface area (Å²) in [6.07, 6.45) is 1.49. The average molecular weight is 281 g/mol. The Morgan fingerprint density at radius 3 is 2.81 bits per heavy atom. The van der Waals surface area contributed by atoms with Gasteiger partial charge in [-0.05, 0) is 40.9 Å². The summed E-state index contributed by atoms with van der Waals surface area (Å²) in [4.78, 5) is 15.7. The quantitative estimate of drug-likeness (QED) is 0.835. The fourth-order valence-corrected chi connectivity index (χ4v) is 2.19. The third kappa shape index (κ3) is 1.19. The highest BCUT2D eigenvalue weighted by atomic mass is 79.9. The van der Waals surface area contributed by atoms with E-state index in [0.717, 1.165) is 23.1 Å². The van der Waals surface area contributed by atoms with E-state index in [1.54, 1.807) is 4.52 Å². The average Bonchev–Trinajstić information content (AvgIpc) is 2.94. The largest absolute Gasteiger partial charge is 0.369 e. The molecule has 0 bridgehead atoms. The zero-order valence-corrected chi connectivity index (χ0v) is 9.94. The molecule has 2 aromatic heterocycles. The first-order chi connectivity index (χ1) is 7.63. The molecule has 1 aliphatic carbocycles. The molecule has 82 valence electrons. The number of hydrogen-bond donors (Lipinski definition) is 1. The van der Waals surface area contributed by atoms with Crippen molar-refractivity contribution in [2.75, 3.05) is 0 Å². The number of amides is 1. The van der Waals surface area contributed by atoms with Crippen LogP contribution in [0.25, 0.3) is 5.65 Å². The van der Waals surface area contributed by atoms with Crippen LogP contribution < -0.4 is 5.73 Å². The molecular weight excluding hydrogens is 272 g/mol. The van der Waals surface area contributed by atoms with Gasteiger partial charge in [-0.25, -0.2) is 9.50 Å². The lowest BCUT2D eigenvalue weighted by atomic mass is 10.1. The number of halogens is 1. The SMILES string of the molecule is NC(=O)C1(c2nc3cccc(Br)n3n2)CC1. The van der Waals surface area contributed by atoms with Crippen LogP contribution in [0.2, 0.25) is 0 Å². The first-order valence-corrected chi connectivity index (χ1v) is 5.74. The second-order valence-corrected chi connectivity index (χ2v) is 4.81. The molecule has 0 spiro atoms. The van der Waals surface area contributed by atoms with Crippen molar-refractivity contribution in [1.82, 2.24) is 14.6 Å². The molecule has 0 saturated heterocycles. The monoisotopic (exact) mass is 280 g/mol. The molecule has 1 saturated carbocycles. The first-order valence-electron chi connectivity index (χ1n) is 4.95. The Labute approximate surface area is 99.8 Å². The van der Waals surface area contributed by atoms with Crippen LogP contribution >= 0.6 is 15.9 Å². The number of aromatic nitrogens is 3. The molecule has 1 amide bonds. The standard InChI is InChI=1S/C10H9BrN4O/c11-6-2-1-3-7-13-9(14-15(6)7)10(4-5-10)8(12)16/h1-3H,4-5H2,(H2,12,16). The third-order valence-electron chi connectivity index (χ3n) is 2.96. The van der Waals surface area contributed by atoms with Crippen molar-refractivity contribution >= 4 is 27.5 Å². The van der Waals surface area contributed by atoms with E-state index in [1.807, 2.05) is 18.2 Å².